The molecule has 0 aliphatic heterocycles. The van der Waals surface area contributed by atoms with Gasteiger partial charge in [0.15, 0.2) is 12.7 Å². The van der Waals surface area contributed by atoms with Gasteiger partial charge >= 0.3 is 0 Å². The molecule has 0 saturated heterocycles. The van der Waals surface area contributed by atoms with Crippen LogP contribution in [0.25, 0.3) is 0 Å². The van der Waals surface area contributed by atoms with Crippen LogP contribution in [0.5, 0.6) is 5.75 Å². The lowest BCUT2D eigenvalue weighted by molar-refractivity contribution is -0.136. The van der Waals surface area contributed by atoms with Crippen LogP contribution in [-0.2, 0) is 14.3 Å². The molecular weight excluding hydrogens is 308 g/mol. The number of amides is 2. The van der Waals surface area contributed by atoms with Crippen LogP contribution < -0.4 is 15.6 Å². The lowest BCUT2D eigenvalue weighted by atomic mass is 10.1. The van der Waals surface area contributed by atoms with Gasteiger partial charge < -0.3 is 9.47 Å². The first kappa shape index (κ1) is 17.5. The fraction of sp³-hybridized carbons (Fsp3) is 0.222. The molecule has 24 heavy (non-hydrogen) atoms. The summed E-state index contributed by atoms with van der Waals surface area (Å²) < 4.78 is 10.6. The number of nitrogens with one attached hydrogen (secondary N) is 2. The van der Waals surface area contributed by atoms with E-state index in [4.69, 9.17) is 9.47 Å². The number of carbonyl (C=O) groups excluding carboxylic acids is 2. The van der Waals surface area contributed by atoms with Gasteiger partial charge in [0.05, 0.1) is 0 Å². The summed E-state index contributed by atoms with van der Waals surface area (Å²) >= 11 is 0. The molecule has 126 valence electrons. The van der Waals surface area contributed by atoms with Crippen molar-refractivity contribution in [3.63, 3.8) is 0 Å². The van der Waals surface area contributed by atoms with Crippen molar-refractivity contribution in [2.45, 2.75) is 13.0 Å². The van der Waals surface area contributed by atoms with Crippen LogP contribution in [0.2, 0.25) is 0 Å². The van der Waals surface area contributed by atoms with E-state index >= 15 is 0 Å². The van der Waals surface area contributed by atoms with Crippen LogP contribution in [0.3, 0.4) is 0 Å². The number of rotatable bonds is 6. The van der Waals surface area contributed by atoms with Crippen molar-refractivity contribution in [1.82, 2.24) is 10.9 Å². The Morgan fingerprint density at radius 1 is 1.00 bits per heavy atom. The number of ether oxygens (including phenoxy) is 2. The number of carbonyl (C=O) groups is 2. The highest BCUT2D eigenvalue weighted by molar-refractivity contribution is 5.86. The maximum atomic E-state index is 12.1. The predicted octanol–water partition coefficient (Wildman–Crippen LogP) is 1.91. The van der Waals surface area contributed by atoms with Gasteiger partial charge in [-0.05, 0) is 24.1 Å². The van der Waals surface area contributed by atoms with Crippen molar-refractivity contribution in [2.75, 3.05) is 13.7 Å². The summed E-state index contributed by atoms with van der Waals surface area (Å²) in [6.45, 7) is 1.69. The maximum Gasteiger partial charge on any atom is 0.276 e. The van der Waals surface area contributed by atoms with E-state index in [1.54, 1.807) is 18.2 Å². The molecule has 0 saturated carbocycles. The molecule has 2 rings (SSSR count). The lowest BCUT2D eigenvalue weighted by Gasteiger charge is -2.16. The predicted molar refractivity (Wildman–Crippen MR) is 89.2 cm³/mol. The van der Waals surface area contributed by atoms with E-state index in [0.29, 0.717) is 11.3 Å². The van der Waals surface area contributed by atoms with Gasteiger partial charge in [-0.2, -0.15) is 0 Å². The maximum absolute atomic E-state index is 12.1. The van der Waals surface area contributed by atoms with Crippen LogP contribution in [-0.4, -0.2) is 25.5 Å². The number of hydrogen-bond donors (Lipinski definition) is 2. The Kier molecular flexibility index (Phi) is 6.33. The van der Waals surface area contributed by atoms with Crippen molar-refractivity contribution in [1.29, 1.82) is 0 Å². The zero-order valence-corrected chi connectivity index (χ0v) is 13.6. The van der Waals surface area contributed by atoms with Gasteiger partial charge in [0.25, 0.3) is 11.8 Å². The largest absolute Gasteiger partial charge is 0.483 e. The quantitative estimate of drug-likeness (QED) is 0.794. The number of para-hydroxylation sites is 1. The first-order valence-electron chi connectivity index (χ1n) is 7.46. The minimum Gasteiger partial charge on any atom is -0.483 e. The highest BCUT2D eigenvalue weighted by atomic mass is 16.5. The Morgan fingerprint density at radius 2 is 1.67 bits per heavy atom. The standard InChI is InChI=1S/C18H20N2O4/c1-13-8-6-7-11-15(13)24-12-16(21)19-20-18(22)17(23-2)14-9-4-3-5-10-14/h3-11,17H,12H2,1-2H3,(H,19,21)(H,20,22)/t17-/m0/s1. The SMILES string of the molecule is CO[C@H](C(=O)NNC(=O)COc1ccccc1C)c1ccccc1. The summed E-state index contributed by atoms with van der Waals surface area (Å²) in [6.07, 6.45) is -0.802. The van der Waals surface area contributed by atoms with Gasteiger partial charge in [-0.15, -0.1) is 0 Å². The highest BCUT2D eigenvalue weighted by Gasteiger charge is 2.20. The molecule has 6 nitrogen and oxygen atoms in total. The van der Waals surface area contributed by atoms with Crippen LogP contribution in [0.4, 0.5) is 0 Å². The van der Waals surface area contributed by atoms with Gasteiger partial charge in [0.1, 0.15) is 5.75 Å². The molecule has 0 spiro atoms. The molecule has 0 unspecified atom stereocenters. The van der Waals surface area contributed by atoms with E-state index in [1.165, 1.54) is 7.11 Å². The van der Waals surface area contributed by atoms with Gasteiger partial charge in [0, 0.05) is 7.11 Å². The average molecular weight is 328 g/mol. The second-order valence-corrected chi connectivity index (χ2v) is 5.12. The first-order chi connectivity index (χ1) is 11.6. The molecule has 0 heterocycles. The van der Waals surface area contributed by atoms with Crippen LogP contribution in [0.1, 0.15) is 17.2 Å². The van der Waals surface area contributed by atoms with E-state index in [0.717, 1.165) is 5.56 Å². The van der Waals surface area contributed by atoms with Gasteiger partial charge in [0.2, 0.25) is 0 Å². The number of methoxy groups -OCH3 is 1. The Bertz CT molecular complexity index is 688. The fourth-order valence-electron chi connectivity index (χ4n) is 2.12. The smallest absolute Gasteiger partial charge is 0.276 e. The van der Waals surface area contributed by atoms with Crippen molar-refractivity contribution >= 4 is 11.8 Å². The van der Waals surface area contributed by atoms with E-state index in [9.17, 15) is 9.59 Å². The number of aryl methyl sites for hydroxylation is 1. The Morgan fingerprint density at radius 3 is 2.33 bits per heavy atom. The summed E-state index contributed by atoms with van der Waals surface area (Å²) in [5.41, 5.74) is 6.28. The van der Waals surface area contributed by atoms with Crippen molar-refractivity contribution < 1.29 is 19.1 Å². The van der Waals surface area contributed by atoms with Crippen LogP contribution >= 0.6 is 0 Å². The number of benzene rings is 2. The summed E-state index contributed by atoms with van der Waals surface area (Å²) in [4.78, 5) is 23.9. The molecule has 2 aromatic rings. The molecule has 0 aliphatic carbocycles. The highest BCUT2D eigenvalue weighted by Crippen LogP contribution is 2.16. The van der Waals surface area contributed by atoms with E-state index in [-0.39, 0.29) is 6.61 Å². The van der Waals surface area contributed by atoms with Crippen molar-refractivity contribution in [3.05, 3.63) is 65.7 Å². The first-order valence-corrected chi connectivity index (χ1v) is 7.46. The fourth-order valence-corrected chi connectivity index (χ4v) is 2.12. The molecule has 2 aromatic carbocycles. The molecule has 0 aromatic heterocycles. The van der Waals surface area contributed by atoms with E-state index in [2.05, 4.69) is 10.9 Å². The Labute approximate surface area is 140 Å². The average Bonchev–Trinajstić information content (AvgIpc) is 2.61. The Balaban J connectivity index is 1.82. The van der Waals surface area contributed by atoms with E-state index < -0.39 is 17.9 Å². The third-order valence-corrected chi connectivity index (χ3v) is 3.35. The number of hydrazine groups is 1. The summed E-state index contributed by atoms with van der Waals surface area (Å²) in [7, 11) is 1.43. The zero-order chi connectivity index (χ0) is 17.4. The van der Waals surface area contributed by atoms with Crippen LogP contribution in [0, 0.1) is 6.92 Å². The second-order valence-electron chi connectivity index (χ2n) is 5.12. The summed E-state index contributed by atoms with van der Waals surface area (Å²) in [5.74, 6) is -0.305. The Hall–Kier alpha value is -2.86. The van der Waals surface area contributed by atoms with Crippen LogP contribution in [0.15, 0.2) is 54.6 Å². The number of hydrogen-bond acceptors (Lipinski definition) is 4. The second kappa shape index (κ2) is 8.69. The minimum absolute atomic E-state index is 0.200. The third-order valence-electron chi connectivity index (χ3n) is 3.35. The zero-order valence-electron chi connectivity index (χ0n) is 13.6. The third kappa shape index (κ3) is 4.82. The van der Waals surface area contributed by atoms with E-state index in [1.807, 2.05) is 43.3 Å². The molecule has 0 aliphatic rings. The van der Waals surface area contributed by atoms with Crippen molar-refractivity contribution in [3.8, 4) is 5.75 Å². The van der Waals surface area contributed by atoms with Gasteiger partial charge in [-0.25, -0.2) is 0 Å². The van der Waals surface area contributed by atoms with Gasteiger partial charge in [-0.1, -0.05) is 48.5 Å². The van der Waals surface area contributed by atoms with Gasteiger partial charge in [-0.3, -0.25) is 20.4 Å². The molecule has 0 bridgehead atoms. The molecule has 2 amide bonds. The normalized spacial score (nSPS) is 11.4. The minimum atomic E-state index is -0.802. The molecular formula is C18H20N2O4. The molecule has 2 N–H and O–H groups in total. The topological polar surface area (TPSA) is 76.7 Å². The monoisotopic (exact) mass is 328 g/mol. The van der Waals surface area contributed by atoms with Crippen molar-refractivity contribution in [2.24, 2.45) is 0 Å². The molecule has 1 atom stereocenters. The molecule has 6 heteroatoms. The molecule has 0 fully saturated rings. The lowest BCUT2D eigenvalue weighted by Crippen LogP contribution is -2.46. The summed E-state index contributed by atoms with van der Waals surface area (Å²) in [5, 5.41) is 0. The molecule has 0 radical (unpaired) electrons. The summed E-state index contributed by atoms with van der Waals surface area (Å²) in [6, 6.07) is 16.4.